The summed E-state index contributed by atoms with van der Waals surface area (Å²) >= 11 is 0. The first-order valence-electron chi connectivity index (χ1n) is 14.2. The molecule has 0 aliphatic carbocycles. The monoisotopic (exact) mass is 539 g/mol. The first-order valence-corrected chi connectivity index (χ1v) is 14.2. The van der Waals surface area contributed by atoms with Gasteiger partial charge in [-0.1, -0.05) is 36.4 Å². The molecule has 1 aromatic heterocycles. The predicted molar refractivity (Wildman–Crippen MR) is 160 cm³/mol. The minimum absolute atomic E-state index is 0.111. The average molecular weight is 539 g/mol. The van der Waals surface area contributed by atoms with Crippen molar-refractivity contribution >= 4 is 40.5 Å². The number of rotatable bonds is 3. The number of nitrogens with zero attached hydrogens (tertiary/aromatic N) is 2. The van der Waals surface area contributed by atoms with Crippen molar-refractivity contribution in [2.24, 2.45) is 0 Å². The molecule has 1 unspecified atom stereocenters. The Labute approximate surface area is 236 Å². The minimum Gasteiger partial charge on any atom is -0.444 e. The van der Waals surface area contributed by atoms with E-state index in [9.17, 15) is 4.79 Å². The first-order chi connectivity index (χ1) is 18.8. The van der Waals surface area contributed by atoms with Crippen LogP contribution >= 0.6 is 0 Å². The molecule has 2 fully saturated rings. The highest BCUT2D eigenvalue weighted by atomic mass is 16.7. The highest BCUT2D eigenvalue weighted by Gasteiger charge is 2.51. The molecule has 1 amide bonds. The molecule has 2 aliphatic rings. The van der Waals surface area contributed by atoms with Crippen LogP contribution < -0.4 is 5.46 Å². The number of nitrogens with one attached hydrogen (secondary N) is 1. The Balaban J connectivity index is 1.28. The standard InChI is InChI=1S/C32H38BN3O4/c1-30(2,3)38-29(37)36-16-8-9-27(36)28-34-25-15-13-22(19-26(25)35-28)21-11-10-20-12-14-24(18-23(20)17-21)33-39-31(4,5)32(6,7)40-33/h10-15,17-19,27H,8-9,16H2,1-7H3,(H,34,35). The van der Waals surface area contributed by atoms with Gasteiger partial charge in [0.15, 0.2) is 0 Å². The van der Waals surface area contributed by atoms with Crippen molar-refractivity contribution in [3.05, 3.63) is 60.4 Å². The SMILES string of the molecule is CC(C)(C)OC(=O)N1CCCC1c1nc2ccc(-c3ccc4ccc(B5OC(C)(C)C(C)(C)O5)cc4c3)cc2[nH]1. The van der Waals surface area contributed by atoms with E-state index in [4.69, 9.17) is 19.0 Å². The Bertz CT molecular complexity index is 1590. The quantitative estimate of drug-likeness (QED) is 0.292. The van der Waals surface area contributed by atoms with Crippen molar-refractivity contribution in [1.29, 1.82) is 0 Å². The molecular formula is C32H38BN3O4. The summed E-state index contributed by atoms with van der Waals surface area (Å²) < 4.78 is 18.2. The van der Waals surface area contributed by atoms with Crippen LogP contribution in [0.1, 0.15) is 73.2 Å². The number of fused-ring (bicyclic) bond motifs is 2. The highest BCUT2D eigenvalue weighted by molar-refractivity contribution is 6.62. The van der Waals surface area contributed by atoms with Gasteiger partial charge in [0.05, 0.1) is 28.3 Å². The number of aromatic nitrogens is 2. The molecular weight excluding hydrogens is 501 g/mol. The van der Waals surface area contributed by atoms with Gasteiger partial charge in [0.25, 0.3) is 0 Å². The third-order valence-corrected chi connectivity index (χ3v) is 8.42. The zero-order valence-corrected chi connectivity index (χ0v) is 24.5. The fourth-order valence-corrected chi connectivity index (χ4v) is 5.53. The van der Waals surface area contributed by atoms with Crippen molar-refractivity contribution in [2.75, 3.05) is 6.54 Å². The molecule has 3 aromatic carbocycles. The van der Waals surface area contributed by atoms with Crippen LogP contribution in [0.15, 0.2) is 54.6 Å². The number of imidazole rings is 1. The van der Waals surface area contributed by atoms with E-state index in [1.807, 2.05) is 26.8 Å². The van der Waals surface area contributed by atoms with Crippen molar-refractivity contribution in [1.82, 2.24) is 14.9 Å². The smallest absolute Gasteiger partial charge is 0.444 e. The van der Waals surface area contributed by atoms with Crippen LogP contribution in [0.3, 0.4) is 0 Å². The molecule has 6 rings (SSSR count). The van der Waals surface area contributed by atoms with E-state index >= 15 is 0 Å². The van der Waals surface area contributed by atoms with Crippen molar-refractivity contribution < 1.29 is 18.8 Å². The summed E-state index contributed by atoms with van der Waals surface area (Å²) in [5, 5.41) is 2.30. The van der Waals surface area contributed by atoms with Crippen LogP contribution in [0.2, 0.25) is 0 Å². The second kappa shape index (κ2) is 9.35. The molecule has 1 atom stereocenters. The van der Waals surface area contributed by atoms with Crippen molar-refractivity contribution in [3.8, 4) is 11.1 Å². The maximum Gasteiger partial charge on any atom is 0.494 e. The maximum atomic E-state index is 12.8. The van der Waals surface area contributed by atoms with Crippen LogP contribution in [-0.4, -0.2) is 51.4 Å². The zero-order valence-electron chi connectivity index (χ0n) is 24.5. The van der Waals surface area contributed by atoms with Crippen molar-refractivity contribution in [2.45, 2.75) is 84.2 Å². The third kappa shape index (κ3) is 4.88. The molecule has 4 aromatic rings. The molecule has 0 radical (unpaired) electrons. The fourth-order valence-electron chi connectivity index (χ4n) is 5.53. The second-order valence-electron chi connectivity index (χ2n) is 13.1. The molecule has 3 heterocycles. The Kier molecular flexibility index (Phi) is 6.28. The number of hydrogen-bond donors (Lipinski definition) is 1. The van der Waals surface area contributed by atoms with E-state index in [1.54, 1.807) is 4.90 Å². The van der Waals surface area contributed by atoms with Crippen LogP contribution in [-0.2, 0) is 14.0 Å². The normalized spacial score (nSPS) is 20.5. The number of benzene rings is 3. The van der Waals surface area contributed by atoms with E-state index in [0.717, 1.165) is 57.1 Å². The molecule has 0 bridgehead atoms. The first kappa shape index (κ1) is 26.8. The number of likely N-dealkylation sites (tertiary alicyclic amines) is 1. The Morgan fingerprint density at radius 3 is 2.38 bits per heavy atom. The number of carbonyl (C=O) groups is 1. The maximum absolute atomic E-state index is 12.8. The lowest BCUT2D eigenvalue weighted by Crippen LogP contribution is -2.41. The van der Waals surface area contributed by atoms with Crippen LogP contribution in [0.4, 0.5) is 4.79 Å². The number of hydrogen-bond acceptors (Lipinski definition) is 5. The zero-order chi connectivity index (χ0) is 28.4. The van der Waals surface area contributed by atoms with Gasteiger partial charge < -0.3 is 19.0 Å². The van der Waals surface area contributed by atoms with Gasteiger partial charge in [-0.2, -0.15) is 0 Å². The summed E-state index contributed by atoms with van der Waals surface area (Å²) in [5.74, 6) is 0.807. The number of H-pyrrole nitrogens is 1. The minimum atomic E-state index is -0.530. The van der Waals surface area contributed by atoms with Crippen LogP contribution in [0, 0.1) is 0 Å². The molecule has 7 nitrogen and oxygen atoms in total. The summed E-state index contributed by atoms with van der Waals surface area (Å²) in [6, 6.07) is 19.1. The van der Waals surface area contributed by atoms with Gasteiger partial charge in [-0.15, -0.1) is 0 Å². The third-order valence-electron chi connectivity index (χ3n) is 8.42. The largest absolute Gasteiger partial charge is 0.494 e. The van der Waals surface area contributed by atoms with Gasteiger partial charge in [0, 0.05) is 6.54 Å². The van der Waals surface area contributed by atoms with Gasteiger partial charge in [-0.25, -0.2) is 9.78 Å². The predicted octanol–water partition coefficient (Wildman–Crippen LogP) is 6.75. The Morgan fingerprint density at radius 2 is 1.65 bits per heavy atom. The summed E-state index contributed by atoms with van der Waals surface area (Å²) in [6.45, 7) is 14.6. The summed E-state index contributed by atoms with van der Waals surface area (Å²) in [5.41, 5.74) is 3.79. The molecule has 0 saturated carbocycles. The fraction of sp³-hybridized carbons (Fsp3) is 0.438. The number of aromatic amines is 1. The second-order valence-corrected chi connectivity index (χ2v) is 13.1. The van der Waals surface area contributed by atoms with E-state index < -0.39 is 12.7 Å². The molecule has 8 heteroatoms. The average Bonchev–Trinajstić information content (AvgIpc) is 3.57. The van der Waals surface area contributed by atoms with E-state index in [-0.39, 0.29) is 23.3 Å². The molecule has 40 heavy (non-hydrogen) atoms. The lowest BCUT2D eigenvalue weighted by molar-refractivity contribution is 0.00578. The molecule has 1 N–H and O–H groups in total. The molecule has 2 aliphatic heterocycles. The van der Waals surface area contributed by atoms with E-state index in [2.05, 4.69) is 81.2 Å². The van der Waals surface area contributed by atoms with Gasteiger partial charge in [0.2, 0.25) is 0 Å². The lowest BCUT2D eigenvalue weighted by atomic mass is 9.78. The summed E-state index contributed by atoms with van der Waals surface area (Å²) in [4.78, 5) is 23.0. The number of carbonyl (C=O) groups excluding carboxylic acids is 1. The Hall–Kier alpha value is -3.36. The molecule has 0 spiro atoms. The van der Waals surface area contributed by atoms with Crippen molar-refractivity contribution in [3.63, 3.8) is 0 Å². The lowest BCUT2D eigenvalue weighted by Gasteiger charge is -2.32. The van der Waals surface area contributed by atoms with Gasteiger partial charge in [0.1, 0.15) is 11.4 Å². The van der Waals surface area contributed by atoms with Gasteiger partial charge in [-0.3, -0.25) is 4.90 Å². The Morgan fingerprint density at radius 1 is 0.975 bits per heavy atom. The van der Waals surface area contributed by atoms with E-state index in [0.29, 0.717) is 6.54 Å². The van der Waals surface area contributed by atoms with E-state index in [1.165, 1.54) is 0 Å². The molecule has 2 saturated heterocycles. The number of amides is 1. The van der Waals surface area contributed by atoms with Crippen LogP contribution in [0.25, 0.3) is 32.9 Å². The van der Waals surface area contributed by atoms with Gasteiger partial charge in [-0.05, 0) is 107 Å². The summed E-state index contributed by atoms with van der Waals surface area (Å²) in [7, 11) is -0.395. The van der Waals surface area contributed by atoms with Gasteiger partial charge >= 0.3 is 13.2 Å². The highest BCUT2D eigenvalue weighted by Crippen LogP contribution is 2.37. The summed E-state index contributed by atoms with van der Waals surface area (Å²) in [6.07, 6.45) is 1.51. The topological polar surface area (TPSA) is 76.7 Å². The van der Waals surface area contributed by atoms with Crippen LogP contribution in [0.5, 0.6) is 0 Å². The molecule has 208 valence electrons. The number of ether oxygens (including phenoxy) is 1.